The second-order valence-electron chi connectivity index (χ2n) is 9.85. The predicted octanol–water partition coefficient (Wildman–Crippen LogP) is 1.28. The molecule has 0 N–H and O–H groups in total. The van der Waals surface area contributed by atoms with E-state index in [1.54, 1.807) is 0 Å². The number of hydrogen-bond acceptors (Lipinski definition) is 4. The van der Waals surface area contributed by atoms with Gasteiger partial charge in [-0.05, 0) is 77.5 Å². The smallest absolute Gasteiger partial charge is 0.0140 e. The molecule has 0 saturated carbocycles. The molecular formula is C20H36N4. The highest BCUT2D eigenvalue weighted by molar-refractivity contribution is 5.09. The maximum Gasteiger partial charge on any atom is 0.0140 e. The van der Waals surface area contributed by atoms with Crippen molar-refractivity contribution in [1.29, 1.82) is 0 Å². The van der Waals surface area contributed by atoms with Crippen LogP contribution in [-0.4, -0.2) is 98.1 Å². The molecule has 4 bridgehead atoms. The largest absolute Gasteiger partial charge is 0.306 e. The van der Waals surface area contributed by atoms with Gasteiger partial charge in [0.05, 0.1) is 0 Å². The topological polar surface area (TPSA) is 13.0 Å². The number of hydrogen-bond donors (Lipinski definition) is 0. The highest BCUT2D eigenvalue weighted by Crippen LogP contribution is 2.48. The van der Waals surface area contributed by atoms with E-state index in [1.807, 2.05) is 0 Å². The maximum atomic E-state index is 2.66. The second kappa shape index (κ2) is 5.67. The van der Waals surface area contributed by atoms with Crippen LogP contribution in [0.4, 0.5) is 0 Å². The third-order valence-electron chi connectivity index (χ3n) is 8.78. The minimum absolute atomic E-state index is 0.935. The van der Waals surface area contributed by atoms with Gasteiger partial charge in [0.15, 0.2) is 0 Å². The van der Waals surface area contributed by atoms with Crippen LogP contribution in [0.25, 0.3) is 0 Å². The molecule has 24 heavy (non-hydrogen) atoms. The number of nitrogens with zero attached hydrogens (tertiary/aromatic N) is 4. The minimum atomic E-state index is 0.935. The van der Waals surface area contributed by atoms with Crippen molar-refractivity contribution in [1.82, 2.24) is 19.6 Å². The first-order valence-electron chi connectivity index (χ1n) is 10.4. The Morgan fingerprint density at radius 1 is 0.458 bits per heavy atom. The van der Waals surface area contributed by atoms with E-state index in [2.05, 4.69) is 47.8 Å². The summed E-state index contributed by atoms with van der Waals surface area (Å²) in [6.45, 7) is 5.43. The van der Waals surface area contributed by atoms with E-state index in [0.717, 1.165) is 47.8 Å². The quantitative estimate of drug-likeness (QED) is 0.662. The molecule has 136 valence electrons. The van der Waals surface area contributed by atoms with Gasteiger partial charge in [0.1, 0.15) is 0 Å². The Bertz CT molecular complexity index is 412. The molecule has 4 nitrogen and oxygen atoms in total. The zero-order chi connectivity index (χ0) is 16.6. The van der Waals surface area contributed by atoms with Crippen LogP contribution in [0.3, 0.4) is 0 Å². The van der Waals surface area contributed by atoms with Gasteiger partial charge in [-0.15, -0.1) is 0 Å². The van der Waals surface area contributed by atoms with E-state index >= 15 is 0 Å². The highest BCUT2D eigenvalue weighted by Gasteiger charge is 2.55. The van der Waals surface area contributed by atoms with Crippen LogP contribution in [0.2, 0.25) is 0 Å². The van der Waals surface area contributed by atoms with Gasteiger partial charge in [-0.3, -0.25) is 9.80 Å². The summed E-state index contributed by atoms with van der Waals surface area (Å²) in [6, 6.07) is 3.74. The van der Waals surface area contributed by atoms with E-state index < -0.39 is 0 Å². The number of likely N-dealkylation sites (tertiary alicyclic amines) is 2. The van der Waals surface area contributed by atoms with Crippen molar-refractivity contribution < 1.29 is 0 Å². The summed E-state index contributed by atoms with van der Waals surface area (Å²) >= 11 is 0. The first-order chi connectivity index (χ1) is 11.5. The van der Waals surface area contributed by atoms with Crippen LogP contribution in [0.15, 0.2) is 0 Å². The van der Waals surface area contributed by atoms with E-state index in [4.69, 9.17) is 0 Å². The lowest BCUT2D eigenvalue weighted by Gasteiger charge is -2.20. The maximum absolute atomic E-state index is 2.66. The fourth-order valence-electron chi connectivity index (χ4n) is 7.81. The molecule has 4 heteroatoms. The number of rotatable bonds is 0. The average Bonchev–Trinajstić information content (AvgIpc) is 3.32. The van der Waals surface area contributed by atoms with Crippen LogP contribution in [-0.2, 0) is 0 Å². The van der Waals surface area contributed by atoms with Gasteiger partial charge in [-0.25, -0.2) is 0 Å². The Kier molecular flexibility index (Phi) is 3.79. The zero-order valence-corrected chi connectivity index (χ0v) is 16.1. The first-order valence-corrected chi connectivity index (χ1v) is 10.4. The van der Waals surface area contributed by atoms with Crippen LogP contribution in [0.5, 0.6) is 0 Å². The molecule has 6 saturated heterocycles. The lowest BCUT2D eigenvalue weighted by atomic mass is 9.82. The summed E-state index contributed by atoms with van der Waals surface area (Å²) < 4.78 is 0. The van der Waals surface area contributed by atoms with Crippen LogP contribution >= 0.6 is 0 Å². The fourth-order valence-corrected chi connectivity index (χ4v) is 7.81. The molecule has 0 aromatic heterocycles. The van der Waals surface area contributed by atoms with E-state index in [0.29, 0.717) is 0 Å². The molecular weight excluding hydrogens is 296 g/mol. The summed E-state index contributed by atoms with van der Waals surface area (Å²) in [7, 11) is 9.22. The summed E-state index contributed by atoms with van der Waals surface area (Å²) in [6.07, 6.45) is 5.87. The van der Waals surface area contributed by atoms with Gasteiger partial charge in [-0.2, -0.15) is 0 Å². The SMILES string of the molecule is CN1C[C@@H]2[C@H](C1)[C@@H]1CC[C@H]2N1C.CN1C[C@@H]2[C@H](C1)[C@@H]1CC[C@H]2N1C. The molecule has 0 radical (unpaired) electrons. The van der Waals surface area contributed by atoms with Crippen LogP contribution in [0, 0.1) is 23.7 Å². The second-order valence-corrected chi connectivity index (χ2v) is 9.85. The van der Waals surface area contributed by atoms with Crippen molar-refractivity contribution in [2.24, 2.45) is 23.7 Å². The Labute approximate surface area is 148 Å². The summed E-state index contributed by atoms with van der Waals surface area (Å²) in [5.74, 6) is 4.05. The molecule has 6 heterocycles. The Morgan fingerprint density at radius 2 is 0.708 bits per heavy atom. The first kappa shape index (κ1) is 16.0. The van der Waals surface area contributed by atoms with Crippen LogP contribution < -0.4 is 0 Å². The summed E-state index contributed by atoms with van der Waals surface area (Å²) in [4.78, 5) is 10.4. The Hall–Kier alpha value is -0.160. The van der Waals surface area contributed by atoms with Gasteiger partial charge >= 0.3 is 0 Å². The zero-order valence-electron chi connectivity index (χ0n) is 16.1. The Morgan fingerprint density at radius 3 is 0.958 bits per heavy atom. The minimum Gasteiger partial charge on any atom is -0.306 e. The van der Waals surface area contributed by atoms with E-state index in [9.17, 15) is 0 Å². The van der Waals surface area contributed by atoms with Gasteiger partial charge < -0.3 is 9.80 Å². The van der Waals surface area contributed by atoms with E-state index in [1.165, 1.54) is 51.9 Å². The predicted molar refractivity (Wildman–Crippen MR) is 98.1 cm³/mol. The monoisotopic (exact) mass is 332 g/mol. The normalized spacial score (nSPS) is 53.5. The standard InChI is InChI=1S/2C10H18N2/c2*1-11-5-7-8(6-11)10-4-3-9(7)12(10)2/h2*7-10H,3-6H2,1-2H3/t2*7-,8+,9-,10+. The average molecular weight is 333 g/mol. The van der Waals surface area contributed by atoms with E-state index in [-0.39, 0.29) is 0 Å². The molecule has 8 atom stereocenters. The summed E-state index contributed by atoms with van der Waals surface area (Å²) in [5, 5.41) is 0. The lowest BCUT2D eigenvalue weighted by molar-refractivity contribution is 0.247. The molecule has 0 spiro atoms. The van der Waals surface area contributed by atoms with Gasteiger partial charge in [0.2, 0.25) is 0 Å². The summed E-state index contributed by atoms with van der Waals surface area (Å²) in [5.41, 5.74) is 0. The van der Waals surface area contributed by atoms with Crippen molar-refractivity contribution in [2.75, 3.05) is 54.4 Å². The molecule has 0 aromatic rings. The third-order valence-corrected chi connectivity index (χ3v) is 8.78. The van der Waals surface area contributed by atoms with Gasteiger partial charge in [-0.1, -0.05) is 0 Å². The lowest BCUT2D eigenvalue weighted by Crippen LogP contribution is -2.31. The molecule has 0 aromatic carbocycles. The van der Waals surface area contributed by atoms with Crippen LogP contribution in [0.1, 0.15) is 25.7 Å². The molecule has 6 rings (SSSR count). The van der Waals surface area contributed by atoms with Gasteiger partial charge in [0, 0.05) is 50.3 Å². The van der Waals surface area contributed by atoms with Crippen molar-refractivity contribution in [3.8, 4) is 0 Å². The van der Waals surface area contributed by atoms with Crippen molar-refractivity contribution in [3.05, 3.63) is 0 Å². The van der Waals surface area contributed by atoms with Crippen molar-refractivity contribution in [2.45, 2.75) is 49.9 Å². The highest BCUT2D eigenvalue weighted by atomic mass is 15.3. The molecule has 0 aliphatic carbocycles. The molecule has 6 aliphatic heterocycles. The van der Waals surface area contributed by atoms with Crippen molar-refractivity contribution in [3.63, 3.8) is 0 Å². The molecule has 6 fully saturated rings. The van der Waals surface area contributed by atoms with Gasteiger partial charge in [0.25, 0.3) is 0 Å². The molecule has 6 aliphatic rings. The van der Waals surface area contributed by atoms with Crippen molar-refractivity contribution >= 4 is 0 Å². The number of fused-ring (bicyclic) bond motifs is 10. The fraction of sp³-hybridized carbons (Fsp3) is 1.00. The Balaban J connectivity index is 0.000000109. The molecule has 0 amide bonds. The molecule has 0 unspecified atom stereocenters. The third kappa shape index (κ3) is 2.19.